The van der Waals surface area contributed by atoms with Crippen molar-refractivity contribution in [1.29, 1.82) is 0 Å². The zero-order valence-electron chi connectivity index (χ0n) is 7.66. The van der Waals surface area contributed by atoms with Gasteiger partial charge in [-0.15, -0.1) is 0 Å². The van der Waals surface area contributed by atoms with Crippen molar-refractivity contribution in [2.45, 2.75) is 32.4 Å². The van der Waals surface area contributed by atoms with Gasteiger partial charge in [-0.2, -0.15) is 0 Å². The summed E-state index contributed by atoms with van der Waals surface area (Å²) < 4.78 is 0. The van der Waals surface area contributed by atoms with E-state index in [0.717, 1.165) is 13.0 Å². The van der Waals surface area contributed by atoms with Gasteiger partial charge in [-0.1, -0.05) is 12.2 Å². The summed E-state index contributed by atoms with van der Waals surface area (Å²) >= 11 is 0. The monoisotopic (exact) mass is 168 g/mol. The van der Waals surface area contributed by atoms with Crippen LogP contribution in [-0.4, -0.2) is 29.4 Å². The van der Waals surface area contributed by atoms with Crippen LogP contribution in [-0.2, 0) is 4.79 Å². The van der Waals surface area contributed by atoms with Gasteiger partial charge in [0.25, 0.3) is 0 Å². The second-order valence-corrected chi connectivity index (χ2v) is 3.40. The quantitative estimate of drug-likeness (QED) is 0.611. The van der Waals surface area contributed by atoms with Gasteiger partial charge in [0.05, 0.1) is 0 Å². The van der Waals surface area contributed by atoms with Crippen molar-refractivity contribution in [2.75, 3.05) is 6.54 Å². The van der Waals surface area contributed by atoms with Crippen LogP contribution in [0, 0.1) is 0 Å². The first-order chi connectivity index (χ1) is 5.63. The molecule has 0 aliphatic carbocycles. The molecule has 0 bridgehead atoms. The topological polar surface area (TPSA) is 46.3 Å². The van der Waals surface area contributed by atoms with E-state index in [-0.39, 0.29) is 11.9 Å². The van der Waals surface area contributed by atoms with Crippen molar-refractivity contribution in [1.82, 2.24) is 4.90 Å². The van der Waals surface area contributed by atoms with Crippen molar-refractivity contribution < 1.29 is 4.79 Å². The van der Waals surface area contributed by atoms with Gasteiger partial charge in [0.15, 0.2) is 0 Å². The number of rotatable bonds is 2. The Morgan fingerprint density at radius 3 is 2.75 bits per heavy atom. The lowest BCUT2D eigenvalue weighted by molar-refractivity contribution is -0.122. The molecule has 1 amide bonds. The van der Waals surface area contributed by atoms with E-state index in [2.05, 4.69) is 18.7 Å². The van der Waals surface area contributed by atoms with Crippen LogP contribution in [0.3, 0.4) is 0 Å². The fraction of sp³-hybridized carbons (Fsp3) is 0.667. The van der Waals surface area contributed by atoms with E-state index in [1.54, 1.807) is 0 Å². The summed E-state index contributed by atoms with van der Waals surface area (Å²) in [5.41, 5.74) is 5.26. The van der Waals surface area contributed by atoms with Crippen LogP contribution >= 0.6 is 0 Å². The molecule has 2 N–H and O–H groups in total. The van der Waals surface area contributed by atoms with Gasteiger partial charge in [0.1, 0.15) is 6.04 Å². The Bertz CT molecular complexity index is 199. The lowest BCUT2D eigenvalue weighted by atomic mass is 10.1. The second kappa shape index (κ2) is 3.72. The average molecular weight is 168 g/mol. The predicted octanol–water partition coefficient (Wildman–Crippen LogP) is 0.511. The number of hydrogen-bond donors (Lipinski definition) is 1. The third kappa shape index (κ3) is 1.85. The predicted molar refractivity (Wildman–Crippen MR) is 48.6 cm³/mol. The molecule has 3 heteroatoms. The van der Waals surface area contributed by atoms with Crippen LogP contribution < -0.4 is 5.73 Å². The largest absolute Gasteiger partial charge is 0.368 e. The van der Waals surface area contributed by atoms with Crippen LogP contribution in [0.1, 0.15) is 20.3 Å². The lowest BCUT2D eigenvalue weighted by Gasteiger charge is -2.33. The highest BCUT2D eigenvalue weighted by molar-refractivity contribution is 5.82. The maximum Gasteiger partial charge on any atom is 0.238 e. The Kier molecular flexibility index (Phi) is 2.87. The second-order valence-electron chi connectivity index (χ2n) is 3.40. The van der Waals surface area contributed by atoms with Gasteiger partial charge >= 0.3 is 0 Å². The molecule has 1 aliphatic heterocycles. The van der Waals surface area contributed by atoms with Crippen molar-refractivity contribution >= 4 is 5.91 Å². The minimum Gasteiger partial charge on any atom is -0.368 e. The highest BCUT2D eigenvalue weighted by Gasteiger charge is 2.24. The molecule has 0 fully saturated rings. The molecule has 0 spiro atoms. The molecule has 1 atom stereocenters. The Morgan fingerprint density at radius 1 is 1.67 bits per heavy atom. The van der Waals surface area contributed by atoms with Gasteiger partial charge in [0.2, 0.25) is 5.91 Å². The number of hydrogen-bond acceptors (Lipinski definition) is 2. The summed E-state index contributed by atoms with van der Waals surface area (Å²) in [6.45, 7) is 5.09. The number of amides is 1. The molecule has 0 radical (unpaired) electrons. The fourth-order valence-electron chi connectivity index (χ4n) is 1.54. The molecular weight excluding hydrogens is 152 g/mol. The first-order valence-corrected chi connectivity index (χ1v) is 4.34. The van der Waals surface area contributed by atoms with Gasteiger partial charge in [-0.05, 0) is 20.3 Å². The molecule has 1 rings (SSSR count). The first kappa shape index (κ1) is 9.26. The fourth-order valence-corrected chi connectivity index (χ4v) is 1.54. The van der Waals surface area contributed by atoms with E-state index in [4.69, 9.17) is 5.73 Å². The van der Waals surface area contributed by atoms with E-state index in [1.807, 2.05) is 12.2 Å². The maximum atomic E-state index is 11.0. The van der Waals surface area contributed by atoms with Crippen LogP contribution in [0.25, 0.3) is 0 Å². The van der Waals surface area contributed by atoms with Crippen LogP contribution in [0.4, 0.5) is 0 Å². The van der Waals surface area contributed by atoms with Gasteiger partial charge in [-0.3, -0.25) is 9.69 Å². The van der Waals surface area contributed by atoms with Gasteiger partial charge < -0.3 is 5.73 Å². The molecule has 1 heterocycles. The normalized spacial score (nSPS) is 24.8. The molecule has 0 aromatic rings. The third-order valence-corrected chi connectivity index (χ3v) is 2.18. The molecule has 0 aromatic carbocycles. The zero-order chi connectivity index (χ0) is 9.14. The minimum atomic E-state index is -0.250. The molecule has 0 saturated heterocycles. The number of carbonyl (C=O) groups is 1. The smallest absolute Gasteiger partial charge is 0.238 e. The molecule has 1 aliphatic rings. The first-order valence-electron chi connectivity index (χ1n) is 4.34. The lowest BCUT2D eigenvalue weighted by Crippen LogP contribution is -2.48. The number of carbonyl (C=O) groups excluding carboxylic acids is 1. The maximum absolute atomic E-state index is 11.0. The Labute approximate surface area is 73.2 Å². The van der Waals surface area contributed by atoms with Crippen molar-refractivity contribution in [3.63, 3.8) is 0 Å². The summed E-state index contributed by atoms with van der Waals surface area (Å²) in [5.74, 6) is -0.250. The summed E-state index contributed by atoms with van der Waals surface area (Å²) in [7, 11) is 0. The number of nitrogens with two attached hydrogens (primary N) is 1. The van der Waals surface area contributed by atoms with E-state index in [0.29, 0.717) is 6.04 Å². The van der Waals surface area contributed by atoms with Crippen molar-refractivity contribution in [3.05, 3.63) is 12.2 Å². The third-order valence-electron chi connectivity index (χ3n) is 2.18. The summed E-state index contributed by atoms with van der Waals surface area (Å²) in [6.07, 6.45) is 4.93. The molecule has 1 unspecified atom stereocenters. The zero-order valence-corrected chi connectivity index (χ0v) is 7.66. The van der Waals surface area contributed by atoms with E-state index in [1.165, 1.54) is 0 Å². The van der Waals surface area contributed by atoms with Crippen LogP contribution in [0.15, 0.2) is 12.2 Å². The summed E-state index contributed by atoms with van der Waals surface area (Å²) in [4.78, 5) is 13.1. The standard InChI is InChI=1S/C9H16N2O/c1-7(2)11-6-4-3-5-8(11)9(10)12/h3,5,7-8H,4,6H2,1-2H3,(H2,10,12). The summed E-state index contributed by atoms with van der Waals surface area (Å²) in [5, 5.41) is 0. The number of nitrogens with zero attached hydrogens (tertiary/aromatic N) is 1. The Balaban J connectivity index is 2.72. The van der Waals surface area contributed by atoms with Crippen molar-refractivity contribution in [3.8, 4) is 0 Å². The van der Waals surface area contributed by atoms with E-state index >= 15 is 0 Å². The Hall–Kier alpha value is -0.830. The van der Waals surface area contributed by atoms with Crippen molar-refractivity contribution in [2.24, 2.45) is 5.73 Å². The number of primary amides is 1. The van der Waals surface area contributed by atoms with E-state index < -0.39 is 0 Å². The molecule has 68 valence electrons. The molecular formula is C9H16N2O. The van der Waals surface area contributed by atoms with Crippen LogP contribution in [0.5, 0.6) is 0 Å². The summed E-state index contributed by atoms with van der Waals surface area (Å²) in [6, 6.07) is 0.186. The van der Waals surface area contributed by atoms with Gasteiger partial charge in [0, 0.05) is 12.6 Å². The minimum absolute atomic E-state index is 0.196. The SMILES string of the molecule is CC(C)N1CCC=CC1C(N)=O. The molecule has 0 aromatic heterocycles. The Morgan fingerprint density at radius 2 is 2.33 bits per heavy atom. The van der Waals surface area contributed by atoms with Gasteiger partial charge in [-0.25, -0.2) is 0 Å². The van der Waals surface area contributed by atoms with E-state index in [9.17, 15) is 4.79 Å². The average Bonchev–Trinajstić information content (AvgIpc) is 2.04. The molecule has 0 saturated carbocycles. The highest BCUT2D eigenvalue weighted by atomic mass is 16.1. The van der Waals surface area contributed by atoms with Crippen LogP contribution in [0.2, 0.25) is 0 Å². The molecule has 3 nitrogen and oxygen atoms in total. The molecule has 12 heavy (non-hydrogen) atoms. The highest BCUT2D eigenvalue weighted by Crippen LogP contribution is 2.12.